The summed E-state index contributed by atoms with van der Waals surface area (Å²) in [5.74, 6) is 1.18. The number of piperidine rings is 1. The Hall–Kier alpha value is -3.44. The Balaban J connectivity index is 1.46. The molecular weight excluding hydrogens is 439 g/mol. The zero-order valence-electron chi connectivity index (χ0n) is 18.2. The number of anilines is 1. The Morgan fingerprint density at radius 2 is 2.00 bits per heavy atom. The van der Waals surface area contributed by atoms with E-state index in [0.717, 1.165) is 17.2 Å². The summed E-state index contributed by atoms with van der Waals surface area (Å²) in [6.07, 6.45) is -0.983. The smallest absolute Gasteiger partial charge is 0.418 e. The predicted molar refractivity (Wildman–Crippen MR) is 109 cm³/mol. The summed E-state index contributed by atoms with van der Waals surface area (Å²) in [7, 11) is 0. The van der Waals surface area contributed by atoms with Crippen molar-refractivity contribution in [2.75, 3.05) is 5.32 Å². The van der Waals surface area contributed by atoms with E-state index in [9.17, 15) is 18.0 Å². The lowest BCUT2D eigenvalue weighted by molar-refractivity contribution is -0.137. The first kappa shape index (κ1) is 21.4. The van der Waals surface area contributed by atoms with Gasteiger partial charge in [-0.3, -0.25) is 0 Å². The molecule has 2 amide bonds. The number of nitrogens with zero attached hydrogens (tertiary/aromatic N) is 6. The van der Waals surface area contributed by atoms with Crippen LogP contribution in [0.3, 0.4) is 0 Å². The van der Waals surface area contributed by atoms with E-state index in [2.05, 4.69) is 32.7 Å². The fraction of sp³-hybridized carbons (Fsp3) is 0.476. The van der Waals surface area contributed by atoms with Crippen LogP contribution < -0.4 is 5.32 Å². The number of fused-ring (bicyclic) bond motifs is 2. The Kier molecular flexibility index (Phi) is 4.73. The van der Waals surface area contributed by atoms with E-state index in [1.165, 1.54) is 18.3 Å². The Bertz CT molecular complexity index is 1220. The van der Waals surface area contributed by atoms with Crippen molar-refractivity contribution in [2.45, 2.75) is 57.8 Å². The number of amides is 2. The molecule has 0 radical (unpaired) electrons. The minimum atomic E-state index is -4.60. The highest BCUT2D eigenvalue weighted by Crippen LogP contribution is 2.55. The van der Waals surface area contributed by atoms with Crippen molar-refractivity contribution in [3.8, 4) is 5.69 Å². The van der Waals surface area contributed by atoms with Crippen LogP contribution in [0.25, 0.3) is 5.69 Å². The molecule has 3 aromatic rings. The molecule has 0 unspecified atom stereocenters. The van der Waals surface area contributed by atoms with Gasteiger partial charge in [0.15, 0.2) is 0 Å². The highest BCUT2D eigenvalue weighted by Gasteiger charge is 2.62. The highest BCUT2D eigenvalue weighted by atomic mass is 19.4. The van der Waals surface area contributed by atoms with Gasteiger partial charge in [-0.25, -0.2) is 9.48 Å². The number of alkyl halides is 3. The minimum absolute atomic E-state index is 0.00663. The number of aromatic nitrogens is 5. The maximum Gasteiger partial charge on any atom is 0.418 e. The van der Waals surface area contributed by atoms with Crippen LogP contribution in [0.1, 0.15) is 49.2 Å². The highest BCUT2D eigenvalue weighted by molar-refractivity contribution is 5.91. The second kappa shape index (κ2) is 7.29. The average Bonchev–Trinajstić information content (AvgIpc) is 3.35. The first-order valence-electron chi connectivity index (χ1n) is 10.6. The summed E-state index contributed by atoms with van der Waals surface area (Å²) >= 11 is 0. The van der Waals surface area contributed by atoms with Gasteiger partial charge in [-0.2, -0.15) is 13.2 Å². The fourth-order valence-electron chi connectivity index (χ4n) is 5.12. The topological polar surface area (TPSA) is 102 Å². The van der Waals surface area contributed by atoms with Crippen LogP contribution in [-0.4, -0.2) is 42.2 Å². The first-order valence-corrected chi connectivity index (χ1v) is 10.6. The predicted octanol–water partition coefficient (Wildman–Crippen LogP) is 4.22. The lowest BCUT2D eigenvalue weighted by atomic mass is 9.64. The summed E-state index contributed by atoms with van der Waals surface area (Å²) < 4.78 is 47.5. The number of hydrogen-bond acceptors (Lipinski definition) is 6. The van der Waals surface area contributed by atoms with Gasteiger partial charge in [-0.15, -0.1) is 15.3 Å². The SMILES string of the molecule is Cc1cn(-c2cc(NC(=O)N3[C@@H]4C[C@H](C)C[C@@]3(c3nnc(C)o3)C4)ccc2C(F)(F)F)nn1. The van der Waals surface area contributed by atoms with E-state index in [-0.39, 0.29) is 17.4 Å². The van der Waals surface area contributed by atoms with Crippen molar-refractivity contribution in [1.29, 1.82) is 0 Å². The second-order valence-electron chi connectivity index (χ2n) is 8.90. The van der Waals surface area contributed by atoms with E-state index >= 15 is 0 Å². The zero-order chi connectivity index (χ0) is 23.5. The van der Waals surface area contributed by atoms with Gasteiger partial charge in [0.1, 0.15) is 5.54 Å². The van der Waals surface area contributed by atoms with Crippen molar-refractivity contribution in [3.63, 3.8) is 0 Å². The van der Waals surface area contributed by atoms with Crippen molar-refractivity contribution in [2.24, 2.45) is 5.92 Å². The third-order valence-electron chi connectivity index (χ3n) is 6.31. The third kappa shape index (κ3) is 3.53. The number of rotatable bonds is 3. The fourth-order valence-corrected chi connectivity index (χ4v) is 5.12. The normalized spacial score (nSPS) is 24.5. The van der Waals surface area contributed by atoms with Gasteiger partial charge in [0.25, 0.3) is 0 Å². The third-order valence-corrected chi connectivity index (χ3v) is 6.31. The Morgan fingerprint density at radius 3 is 2.64 bits per heavy atom. The first-order chi connectivity index (χ1) is 15.6. The van der Waals surface area contributed by atoms with Crippen LogP contribution in [0.5, 0.6) is 0 Å². The molecule has 2 aliphatic rings. The molecule has 1 aromatic carbocycles. The van der Waals surface area contributed by atoms with Crippen LogP contribution in [-0.2, 0) is 11.7 Å². The lowest BCUT2D eigenvalue weighted by Gasteiger charge is -2.61. The average molecular weight is 461 g/mol. The summed E-state index contributed by atoms with van der Waals surface area (Å²) in [5, 5.41) is 18.4. The minimum Gasteiger partial charge on any atom is -0.423 e. The van der Waals surface area contributed by atoms with Crippen LogP contribution in [0.4, 0.5) is 23.7 Å². The molecule has 2 aromatic heterocycles. The standard InChI is InChI=1S/C21H22F3N7O2/c1-11-6-15-9-20(8-11,18-28-27-13(3)33-18)31(15)19(32)25-14-4-5-16(21(22,23)24)17(7-14)30-10-12(2)26-29-30/h4-5,7,10-11,15H,6,8-9H2,1-3H3,(H,25,32)/t11-,15+,20-/m0/s1. The number of halogens is 3. The molecule has 0 aliphatic carbocycles. The maximum absolute atomic E-state index is 13.6. The molecule has 2 saturated heterocycles. The number of benzene rings is 1. The van der Waals surface area contributed by atoms with E-state index in [1.807, 2.05) is 0 Å². The molecule has 9 nitrogen and oxygen atoms in total. The molecule has 1 N–H and O–H groups in total. The summed E-state index contributed by atoms with van der Waals surface area (Å²) in [4.78, 5) is 15.0. The second-order valence-corrected chi connectivity index (χ2v) is 8.90. The largest absolute Gasteiger partial charge is 0.423 e. The van der Waals surface area contributed by atoms with Crippen molar-refractivity contribution < 1.29 is 22.4 Å². The van der Waals surface area contributed by atoms with Gasteiger partial charge in [0, 0.05) is 25.1 Å². The van der Waals surface area contributed by atoms with Gasteiger partial charge < -0.3 is 14.6 Å². The van der Waals surface area contributed by atoms with Crippen LogP contribution in [0, 0.1) is 19.8 Å². The van der Waals surface area contributed by atoms with E-state index in [4.69, 9.17) is 4.42 Å². The van der Waals surface area contributed by atoms with Gasteiger partial charge in [-0.1, -0.05) is 12.1 Å². The maximum atomic E-state index is 13.6. The van der Waals surface area contributed by atoms with Crippen LogP contribution in [0.15, 0.2) is 28.8 Å². The number of carbonyl (C=O) groups excluding carboxylic acids is 1. The van der Waals surface area contributed by atoms with Gasteiger partial charge in [-0.05, 0) is 43.9 Å². The Labute approximate surface area is 187 Å². The zero-order valence-corrected chi connectivity index (χ0v) is 18.2. The van der Waals surface area contributed by atoms with Crippen LogP contribution in [0.2, 0.25) is 0 Å². The monoisotopic (exact) mass is 461 g/mol. The van der Waals surface area contributed by atoms with Gasteiger partial charge in [0.05, 0.1) is 23.1 Å². The van der Waals surface area contributed by atoms with Crippen molar-refractivity contribution in [1.82, 2.24) is 30.1 Å². The molecular formula is C21H22F3N7O2. The molecule has 33 heavy (non-hydrogen) atoms. The molecule has 2 fully saturated rings. The van der Waals surface area contributed by atoms with E-state index in [0.29, 0.717) is 36.2 Å². The molecule has 5 rings (SSSR count). The molecule has 0 spiro atoms. The lowest BCUT2D eigenvalue weighted by Crippen LogP contribution is -2.70. The molecule has 2 bridgehead atoms. The van der Waals surface area contributed by atoms with Gasteiger partial charge >= 0.3 is 12.2 Å². The number of carbonyl (C=O) groups is 1. The number of nitrogens with one attached hydrogen (secondary N) is 1. The number of urea groups is 1. The molecule has 4 heterocycles. The van der Waals surface area contributed by atoms with Crippen molar-refractivity contribution >= 4 is 11.7 Å². The van der Waals surface area contributed by atoms with Gasteiger partial charge in [0.2, 0.25) is 11.8 Å². The molecule has 0 saturated carbocycles. The summed E-state index contributed by atoms with van der Waals surface area (Å²) in [6.45, 7) is 5.43. The quantitative estimate of drug-likeness (QED) is 0.627. The van der Waals surface area contributed by atoms with Crippen LogP contribution >= 0.6 is 0 Å². The molecule has 2 aliphatic heterocycles. The summed E-state index contributed by atoms with van der Waals surface area (Å²) in [6, 6.07) is 2.98. The number of hydrogen-bond donors (Lipinski definition) is 1. The van der Waals surface area contributed by atoms with Crippen molar-refractivity contribution in [3.05, 3.63) is 47.4 Å². The Morgan fingerprint density at radius 1 is 1.21 bits per heavy atom. The molecule has 12 heteroatoms. The molecule has 174 valence electrons. The number of aryl methyl sites for hydroxylation is 2. The summed E-state index contributed by atoms with van der Waals surface area (Å²) in [5.41, 5.74) is -1.12. The van der Waals surface area contributed by atoms with E-state index < -0.39 is 23.3 Å². The molecule has 3 atom stereocenters. The van der Waals surface area contributed by atoms with E-state index in [1.54, 1.807) is 18.7 Å².